The van der Waals surface area contributed by atoms with Gasteiger partial charge in [0.25, 0.3) is 0 Å². The van der Waals surface area contributed by atoms with Crippen LogP contribution in [0.2, 0.25) is 0 Å². The summed E-state index contributed by atoms with van der Waals surface area (Å²) in [6.45, 7) is 6.23. The predicted molar refractivity (Wildman–Crippen MR) is 85.9 cm³/mol. The molecule has 0 atom stereocenters. The number of fused-ring (bicyclic) bond motifs is 1. The second-order valence-corrected chi connectivity index (χ2v) is 6.13. The first kappa shape index (κ1) is 13.5. The molecule has 0 spiro atoms. The van der Waals surface area contributed by atoms with Gasteiger partial charge >= 0.3 is 0 Å². The maximum Gasteiger partial charge on any atom is 0.136 e. The largest absolute Gasteiger partial charge is 0.384 e. The molecule has 2 aromatic heterocycles. The number of rotatable bonds is 1. The summed E-state index contributed by atoms with van der Waals surface area (Å²) >= 11 is 0. The Morgan fingerprint density at radius 1 is 1.00 bits per heavy atom. The zero-order chi connectivity index (χ0) is 15.0. The highest BCUT2D eigenvalue weighted by molar-refractivity contribution is 5.92. The molecule has 4 nitrogen and oxygen atoms in total. The van der Waals surface area contributed by atoms with Gasteiger partial charge in [-0.3, -0.25) is 4.98 Å². The Balaban J connectivity index is 2.26. The second kappa shape index (κ2) is 4.81. The number of hydrogen-bond donors (Lipinski definition) is 1. The molecule has 0 aliphatic carbocycles. The van der Waals surface area contributed by atoms with Crippen LogP contribution in [-0.4, -0.2) is 15.0 Å². The lowest BCUT2D eigenvalue weighted by Gasteiger charge is -2.18. The van der Waals surface area contributed by atoms with E-state index >= 15 is 0 Å². The molecule has 3 rings (SSSR count). The van der Waals surface area contributed by atoms with Crippen LogP contribution in [0.5, 0.6) is 0 Å². The Morgan fingerprint density at radius 3 is 2.52 bits per heavy atom. The van der Waals surface area contributed by atoms with E-state index in [9.17, 15) is 0 Å². The van der Waals surface area contributed by atoms with E-state index in [1.54, 1.807) is 12.3 Å². The molecule has 0 amide bonds. The Hall–Kier alpha value is -2.49. The maximum absolute atomic E-state index is 5.97. The molecule has 0 saturated heterocycles. The van der Waals surface area contributed by atoms with Gasteiger partial charge in [0, 0.05) is 28.6 Å². The number of benzene rings is 1. The van der Waals surface area contributed by atoms with Crippen LogP contribution in [-0.2, 0) is 5.41 Å². The van der Waals surface area contributed by atoms with Crippen molar-refractivity contribution in [2.45, 2.75) is 26.2 Å². The van der Waals surface area contributed by atoms with Crippen LogP contribution < -0.4 is 5.73 Å². The molecular weight excluding hydrogens is 260 g/mol. The SMILES string of the molecule is CC(C)(C)c1nc(N)cc(-c2cccc3cccnc23)n1. The molecule has 106 valence electrons. The smallest absolute Gasteiger partial charge is 0.136 e. The van der Waals surface area contributed by atoms with Gasteiger partial charge in [-0.15, -0.1) is 0 Å². The molecule has 0 bridgehead atoms. The lowest BCUT2D eigenvalue weighted by molar-refractivity contribution is 0.547. The van der Waals surface area contributed by atoms with Crippen molar-refractivity contribution in [3.63, 3.8) is 0 Å². The second-order valence-electron chi connectivity index (χ2n) is 6.13. The van der Waals surface area contributed by atoms with E-state index in [4.69, 9.17) is 10.7 Å². The van der Waals surface area contributed by atoms with Crippen LogP contribution >= 0.6 is 0 Å². The van der Waals surface area contributed by atoms with Crippen LogP contribution in [0.4, 0.5) is 5.82 Å². The summed E-state index contributed by atoms with van der Waals surface area (Å²) in [6, 6.07) is 11.8. The van der Waals surface area contributed by atoms with E-state index in [-0.39, 0.29) is 5.41 Å². The predicted octanol–water partition coefficient (Wildman–Crippen LogP) is 3.57. The van der Waals surface area contributed by atoms with Crippen molar-refractivity contribution in [2.75, 3.05) is 5.73 Å². The average Bonchev–Trinajstić information content (AvgIpc) is 2.45. The monoisotopic (exact) mass is 278 g/mol. The Labute approximate surface area is 124 Å². The minimum Gasteiger partial charge on any atom is -0.384 e. The third kappa shape index (κ3) is 2.57. The molecular formula is C17H18N4. The number of anilines is 1. The highest BCUT2D eigenvalue weighted by atomic mass is 15.0. The molecule has 21 heavy (non-hydrogen) atoms. The highest BCUT2D eigenvalue weighted by Crippen LogP contribution is 2.28. The molecule has 1 aromatic carbocycles. The summed E-state index contributed by atoms with van der Waals surface area (Å²) < 4.78 is 0. The molecule has 2 N–H and O–H groups in total. The first-order valence-corrected chi connectivity index (χ1v) is 6.94. The van der Waals surface area contributed by atoms with Crippen molar-refractivity contribution in [1.29, 1.82) is 0 Å². The van der Waals surface area contributed by atoms with Crippen molar-refractivity contribution in [3.05, 3.63) is 48.4 Å². The van der Waals surface area contributed by atoms with Gasteiger partial charge in [0.2, 0.25) is 0 Å². The van der Waals surface area contributed by atoms with Gasteiger partial charge in [-0.25, -0.2) is 9.97 Å². The fourth-order valence-electron chi connectivity index (χ4n) is 2.25. The van der Waals surface area contributed by atoms with Gasteiger partial charge in [-0.1, -0.05) is 45.0 Å². The third-order valence-electron chi connectivity index (χ3n) is 3.33. The summed E-state index contributed by atoms with van der Waals surface area (Å²) in [4.78, 5) is 13.5. The summed E-state index contributed by atoms with van der Waals surface area (Å²) in [5.74, 6) is 1.23. The highest BCUT2D eigenvalue weighted by Gasteiger charge is 2.19. The average molecular weight is 278 g/mol. The van der Waals surface area contributed by atoms with E-state index in [0.717, 1.165) is 28.0 Å². The topological polar surface area (TPSA) is 64.7 Å². The third-order valence-corrected chi connectivity index (χ3v) is 3.33. The van der Waals surface area contributed by atoms with Crippen molar-refractivity contribution in [1.82, 2.24) is 15.0 Å². The lowest BCUT2D eigenvalue weighted by atomic mass is 9.95. The summed E-state index contributed by atoms with van der Waals surface area (Å²) in [5, 5.41) is 1.09. The number of pyridine rings is 1. The van der Waals surface area contributed by atoms with E-state index in [1.807, 2.05) is 30.3 Å². The van der Waals surface area contributed by atoms with E-state index < -0.39 is 0 Å². The number of nitrogens with zero attached hydrogens (tertiary/aromatic N) is 3. The quantitative estimate of drug-likeness (QED) is 0.739. The number of aromatic nitrogens is 3. The molecule has 0 aliphatic rings. The Morgan fingerprint density at radius 2 is 1.76 bits per heavy atom. The molecule has 0 saturated carbocycles. The number of nitrogen functional groups attached to an aromatic ring is 1. The van der Waals surface area contributed by atoms with Gasteiger partial charge in [0.05, 0.1) is 11.2 Å². The standard InChI is InChI=1S/C17H18N4/c1-17(2,3)16-20-13(10-14(18)21-16)12-8-4-6-11-7-5-9-19-15(11)12/h4-10H,1-3H3,(H2,18,20,21). The van der Waals surface area contributed by atoms with E-state index in [1.165, 1.54) is 0 Å². The normalized spacial score (nSPS) is 11.8. The van der Waals surface area contributed by atoms with E-state index in [0.29, 0.717) is 5.82 Å². The van der Waals surface area contributed by atoms with Crippen LogP contribution in [0.3, 0.4) is 0 Å². The summed E-state index contributed by atoms with van der Waals surface area (Å²) in [6.07, 6.45) is 1.79. The Kier molecular flexibility index (Phi) is 3.09. The van der Waals surface area contributed by atoms with Crippen LogP contribution in [0.1, 0.15) is 26.6 Å². The molecule has 4 heteroatoms. The molecule has 0 aliphatic heterocycles. The van der Waals surface area contributed by atoms with Crippen LogP contribution in [0.25, 0.3) is 22.2 Å². The van der Waals surface area contributed by atoms with Crippen LogP contribution in [0, 0.1) is 0 Å². The first-order valence-electron chi connectivity index (χ1n) is 6.94. The minimum absolute atomic E-state index is 0.151. The number of para-hydroxylation sites is 1. The van der Waals surface area contributed by atoms with Crippen molar-refractivity contribution in [3.8, 4) is 11.3 Å². The van der Waals surface area contributed by atoms with Gasteiger partial charge in [0.15, 0.2) is 0 Å². The van der Waals surface area contributed by atoms with Gasteiger partial charge in [-0.2, -0.15) is 0 Å². The van der Waals surface area contributed by atoms with Gasteiger partial charge in [0.1, 0.15) is 11.6 Å². The number of hydrogen-bond acceptors (Lipinski definition) is 4. The van der Waals surface area contributed by atoms with Crippen molar-refractivity contribution in [2.24, 2.45) is 0 Å². The summed E-state index contributed by atoms with van der Waals surface area (Å²) in [7, 11) is 0. The van der Waals surface area contributed by atoms with Gasteiger partial charge < -0.3 is 5.73 Å². The molecule has 2 heterocycles. The zero-order valence-corrected chi connectivity index (χ0v) is 12.5. The first-order chi connectivity index (χ1) is 9.95. The molecule has 0 unspecified atom stereocenters. The molecule has 3 aromatic rings. The lowest BCUT2D eigenvalue weighted by Crippen LogP contribution is -2.17. The number of nitrogens with two attached hydrogens (primary N) is 1. The summed E-state index contributed by atoms with van der Waals surface area (Å²) in [5.41, 5.74) is 8.54. The molecule has 0 fully saturated rings. The molecule has 0 radical (unpaired) electrons. The van der Waals surface area contributed by atoms with Gasteiger partial charge in [-0.05, 0) is 6.07 Å². The fraction of sp³-hybridized carbons (Fsp3) is 0.235. The van der Waals surface area contributed by atoms with Crippen molar-refractivity contribution < 1.29 is 0 Å². The van der Waals surface area contributed by atoms with Crippen LogP contribution in [0.15, 0.2) is 42.6 Å². The zero-order valence-electron chi connectivity index (χ0n) is 12.5. The minimum atomic E-state index is -0.151. The fourth-order valence-corrected chi connectivity index (χ4v) is 2.25. The van der Waals surface area contributed by atoms with Crippen molar-refractivity contribution >= 4 is 16.7 Å². The maximum atomic E-state index is 5.97. The Bertz CT molecular complexity index is 798. The van der Waals surface area contributed by atoms with E-state index in [2.05, 4.69) is 30.7 Å².